The van der Waals surface area contributed by atoms with Gasteiger partial charge >= 0.3 is 0 Å². The summed E-state index contributed by atoms with van der Waals surface area (Å²) in [6.45, 7) is 2.68. The summed E-state index contributed by atoms with van der Waals surface area (Å²) in [5.41, 5.74) is 0. The standard InChI is InChI=1S/C13H19N5S.HI/c1-14-13(17-10-12-4-2-9-19-12)16-5-3-7-18-8-6-15-11-18;/h2,4,6,8-9,11H,3,5,7,10H2,1H3,(H2,14,16,17);1H. The van der Waals surface area contributed by atoms with Crippen molar-refractivity contribution in [2.45, 2.75) is 19.5 Å². The second-order valence-corrected chi connectivity index (χ2v) is 5.12. The zero-order valence-electron chi connectivity index (χ0n) is 11.5. The van der Waals surface area contributed by atoms with Crippen LogP contribution in [-0.2, 0) is 13.1 Å². The summed E-state index contributed by atoms with van der Waals surface area (Å²) in [6.07, 6.45) is 6.65. The van der Waals surface area contributed by atoms with Crippen LogP contribution < -0.4 is 10.6 Å². The Morgan fingerprint density at radius 1 is 1.45 bits per heavy atom. The van der Waals surface area contributed by atoms with Gasteiger partial charge in [0.1, 0.15) is 0 Å². The van der Waals surface area contributed by atoms with Crippen LogP contribution in [0.5, 0.6) is 0 Å². The second-order valence-electron chi connectivity index (χ2n) is 4.09. The SMILES string of the molecule is CN=C(NCCCn1ccnc1)NCc1cccs1.I. The molecule has 5 nitrogen and oxygen atoms in total. The number of halogens is 1. The van der Waals surface area contributed by atoms with Crippen molar-refractivity contribution in [3.8, 4) is 0 Å². The molecule has 0 unspecified atom stereocenters. The van der Waals surface area contributed by atoms with E-state index in [2.05, 4.69) is 42.7 Å². The van der Waals surface area contributed by atoms with Gasteiger partial charge in [0.15, 0.2) is 5.96 Å². The van der Waals surface area contributed by atoms with Gasteiger partial charge in [-0.15, -0.1) is 35.3 Å². The normalized spacial score (nSPS) is 10.9. The van der Waals surface area contributed by atoms with E-state index >= 15 is 0 Å². The molecule has 0 radical (unpaired) electrons. The van der Waals surface area contributed by atoms with Gasteiger partial charge in [-0.25, -0.2) is 4.98 Å². The number of aromatic nitrogens is 2. The predicted molar refractivity (Wildman–Crippen MR) is 94.8 cm³/mol. The lowest BCUT2D eigenvalue weighted by Gasteiger charge is -2.11. The summed E-state index contributed by atoms with van der Waals surface area (Å²) in [4.78, 5) is 9.53. The molecule has 2 N–H and O–H groups in total. The van der Waals surface area contributed by atoms with E-state index in [4.69, 9.17) is 0 Å². The molecule has 0 aliphatic heterocycles. The van der Waals surface area contributed by atoms with Crippen molar-refractivity contribution in [2.75, 3.05) is 13.6 Å². The fourth-order valence-corrected chi connectivity index (χ4v) is 2.34. The fourth-order valence-electron chi connectivity index (χ4n) is 1.69. The molecule has 0 bridgehead atoms. The van der Waals surface area contributed by atoms with E-state index in [9.17, 15) is 0 Å². The van der Waals surface area contributed by atoms with Crippen molar-refractivity contribution in [3.63, 3.8) is 0 Å². The van der Waals surface area contributed by atoms with Gasteiger partial charge in [0.05, 0.1) is 12.9 Å². The van der Waals surface area contributed by atoms with Crippen molar-refractivity contribution >= 4 is 41.3 Å². The Morgan fingerprint density at radius 3 is 3.00 bits per heavy atom. The van der Waals surface area contributed by atoms with E-state index in [1.807, 2.05) is 12.5 Å². The summed E-state index contributed by atoms with van der Waals surface area (Å²) in [7, 11) is 1.79. The van der Waals surface area contributed by atoms with Crippen molar-refractivity contribution in [1.82, 2.24) is 20.2 Å². The van der Waals surface area contributed by atoms with Crippen LogP contribution in [0.25, 0.3) is 0 Å². The molecule has 0 saturated carbocycles. The Labute approximate surface area is 140 Å². The molecular weight excluding hydrogens is 385 g/mol. The Kier molecular flexibility index (Phi) is 8.28. The number of guanidine groups is 1. The molecule has 0 aliphatic rings. The maximum absolute atomic E-state index is 4.20. The number of nitrogens with one attached hydrogen (secondary N) is 2. The zero-order chi connectivity index (χ0) is 13.3. The van der Waals surface area contributed by atoms with Crippen molar-refractivity contribution < 1.29 is 0 Å². The zero-order valence-corrected chi connectivity index (χ0v) is 14.6. The molecule has 0 aliphatic carbocycles. The third-order valence-electron chi connectivity index (χ3n) is 2.68. The van der Waals surface area contributed by atoms with Gasteiger partial charge in [0, 0.05) is 37.4 Å². The topological polar surface area (TPSA) is 54.2 Å². The minimum absolute atomic E-state index is 0. The van der Waals surface area contributed by atoms with Gasteiger partial charge in [-0.1, -0.05) is 6.07 Å². The molecule has 2 aromatic heterocycles. The van der Waals surface area contributed by atoms with Crippen molar-refractivity contribution in [3.05, 3.63) is 41.1 Å². The molecule has 20 heavy (non-hydrogen) atoms. The van der Waals surface area contributed by atoms with Crippen LogP contribution in [0.3, 0.4) is 0 Å². The predicted octanol–water partition coefficient (Wildman–Crippen LogP) is 2.32. The Hall–Kier alpha value is -1.09. The van der Waals surface area contributed by atoms with Crippen molar-refractivity contribution in [2.24, 2.45) is 4.99 Å². The minimum atomic E-state index is 0. The average Bonchev–Trinajstić information content (AvgIpc) is 3.11. The number of hydrogen-bond acceptors (Lipinski definition) is 3. The molecule has 0 atom stereocenters. The number of aliphatic imine (C=N–C) groups is 1. The second kappa shape index (κ2) is 9.76. The summed E-state index contributed by atoms with van der Waals surface area (Å²) in [6, 6.07) is 4.17. The average molecular weight is 405 g/mol. The Bertz CT molecular complexity index is 481. The van der Waals surface area contributed by atoms with Crippen LogP contribution >= 0.6 is 35.3 Å². The molecule has 7 heteroatoms. The number of rotatable bonds is 6. The van der Waals surface area contributed by atoms with Crippen LogP contribution in [0.1, 0.15) is 11.3 Å². The highest BCUT2D eigenvalue weighted by molar-refractivity contribution is 14.0. The minimum Gasteiger partial charge on any atom is -0.356 e. The largest absolute Gasteiger partial charge is 0.356 e. The van der Waals surface area contributed by atoms with Crippen LogP contribution in [-0.4, -0.2) is 29.1 Å². The molecule has 0 aromatic carbocycles. The molecule has 0 amide bonds. The summed E-state index contributed by atoms with van der Waals surface area (Å²) >= 11 is 1.75. The number of thiophene rings is 1. The van der Waals surface area contributed by atoms with E-state index in [1.54, 1.807) is 24.6 Å². The first-order chi connectivity index (χ1) is 9.38. The lowest BCUT2D eigenvalue weighted by atomic mass is 10.4. The molecule has 110 valence electrons. The number of aryl methyl sites for hydroxylation is 1. The smallest absolute Gasteiger partial charge is 0.191 e. The van der Waals surface area contributed by atoms with E-state index in [0.29, 0.717) is 0 Å². The van der Waals surface area contributed by atoms with Crippen LogP contribution in [0.4, 0.5) is 0 Å². The summed E-state index contributed by atoms with van der Waals surface area (Å²) in [5, 5.41) is 8.68. The monoisotopic (exact) mass is 405 g/mol. The van der Waals surface area contributed by atoms with E-state index < -0.39 is 0 Å². The number of imidazole rings is 1. The number of hydrogen-bond donors (Lipinski definition) is 2. The summed E-state index contributed by atoms with van der Waals surface area (Å²) in [5.74, 6) is 0.846. The maximum Gasteiger partial charge on any atom is 0.191 e. The highest BCUT2D eigenvalue weighted by atomic mass is 127. The fraction of sp³-hybridized carbons (Fsp3) is 0.385. The van der Waals surface area contributed by atoms with Crippen molar-refractivity contribution in [1.29, 1.82) is 0 Å². The molecular formula is C13H20IN5S. The maximum atomic E-state index is 4.20. The third-order valence-corrected chi connectivity index (χ3v) is 3.55. The van der Waals surface area contributed by atoms with Gasteiger partial charge in [-0.05, 0) is 17.9 Å². The van der Waals surface area contributed by atoms with Crippen LogP contribution in [0.2, 0.25) is 0 Å². The first-order valence-electron chi connectivity index (χ1n) is 6.31. The van der Waals surface area contributed by atoms with E-state index in [-0.39, 0.29) is 24.0 Å². The highest BCUT2D eigenvalue weighted by Gasteiger charge is 1.98. The van der Waals surface area contributed by atoms with Gasteiger partial charge in [0.25, 0.3) is 0 Å². The lowest BCUT2D eigenvalue weighted by molar-refractivity contribution is 0.625. The lowest BCUT2D eigenvalue weighted by Crippen LogP contribution is -2.37. The molecule has 2 heterocycles. The van der Waals surface area contributed by atoms with Crippen LogP contribution in [0, 0.1) is 0 Å². The van der Waals surface area contributed by atoms with Gasteiger partial charge < -0.3 is 15.2 Å². The van der Waals surface area contributed by atoms with E-state index in [1.165, 1.54) is 4.88 Å². The summed E-state index contributed by atoms with van der Waals surface area (Å²) < 4.78 is 2.07. The van der Waals surface area contributed by atoms with Gasteiger partial charge in [-0.2, -0.15) is 0 Å². The van der Waals surface area contributed by atoms with Gasteiger partial charge in [-0.3, -0.25) is 4.99 Å². The third kappa shape index (κ3) is 5.91. The first-order valence-corrected chi connectivity index (χ1v) is 7.19. The molecule has 0 saturated heterocycles. The Morgan fingerprint density at radius 2 is 2.35 bits per heavy atom. The highest BCUT2D eigenvalue weighted by Crippen LogP contribution is 2.06. The van der Waals surface area contributed by atoms with Crippen LogP contribution in [0.15, 0.2) is 41.2 Å². The van der Waals surface area contributed by atoms with Gasteiger partial charge in [0.2, 0.25) is 0 Å². The first kappa shape index (κ1) is 17.0. The molecule has 0 spiro atoms. The Balaban J connectivity index is 0.00000200. The molecule has 2 aromatic rings. The quantitative estimate of drug-likeness (QED) is 0.336. The molecule has 0 fully saturated rings. The van der Waals surface area contributed by atoms with E-state index in [0.717, 1.165) is 32.0 Å². The number of nitrogens with zero attached hydrogens (tertiary/aromatic N) is 3. The molecule has 2 rings (SSSR count).